The van der Waals surface area contributed by atoms with Crippen molar-refractivity contribution in [3.05, 3.63) is 60.5 Å². The van der Waals surface area contributed by atoms with Crippen LogP contribution in [0.3, 0.4) is 0 Å². The number of carbonyl (C=O) groups is 1. The summed E-state index contributed by atoms with van der Waals surface area (Å²) in [5.41, 5.74) is 1.92. The maximum absolute atomic E-state index is 11.9. The molecule has 0 saturated heterocycles. The Bertz CT molecular complexity index is 800. The molecule has 3 aromatic rings. The number of nitrogens with zero attached hydrogens (tertiary/aromatic N) is 3. The molecule has 7 heteroatoms. The summed E-state index contributed by atoms with van der Waals surface area (Å²) >= 11 is 0. The molecule has 3 rings (SSSR count). The van der Waals surface area contributed by atoms with E-state index in [4.69, 9.17) is 9.15 Å². The first-order chi connectivity index (χ1) is 11.8. The molecule has 0 aliphatic rings. The van der Waals surface area contributed by atoms with Crippen LogP contribution in [-0.2, 0) is 6.42 Å². The maximum Gasteiger partial charge on any atom is 0.271 e. The number of aromatic nitrogens is 3. The number of rotatable bonds is 6. The van der Waals surface area contributed by atoms with E-state index in [1.165, 1.54) is 18.6 Å². The third-order valence-electron chi connectivity index (χ3n) is 3.35. The van der Waals surface area contributed by atoms with Gasteiger partial charge in [0.2, 0.25) is 5.89 Å². The van der Waals surface area contributed by atoms with Gasteiger partial charge in [0.15, 0.2) is 0 Å². The number of hydrogen-bond donors (Lipinski definition) is 1. The van der Waals surface area contributed by atoms with E-state index in [9.17, 15) is 4.79 Å². The molecule has 1 N–H and O–H groups in total. The lowest BCUT2D eigenvalue weighted by Crippen LogP contribution is -2.26. The van der Waals surface area contributed by atoms with Gasteiger partial charge in [-0.15, -0.1) is 0 Å². The lowest BCUT2D eigenvalue weighted by Gasteiger charge is -2.02. The average Bonchev–Trinajstić information content (AvgIpc) is 3.11. The van der Waals surface area contributed by atoms with Gasteiger partial charge in [-0.3, -0.25) is 9.78 Å². The summed E-state index contributed by atoms with van der Waals surface area (Å²) in [6.45, 7) is 0.435. The molecule has 0 fully saturated rings. The van der Waals surface area contributed by atoms with E-state index in [-0.39, 0.29) is 11.6 Å². The molecule has 0 bridgehead atoms. The van der Waals surface area contributed by atoms with Crippen molar-refractivity contribution in [2.45, 2.75) is 6.42 Å². The molecule has 0 aliphatic heterocycles. The fourth-order valence-electron chi connectivity index (χ4n) is 2.10. The molecule has 1 amide bonds. The molecule has 0 spiro atoms. The van der Waals surface area contributed by atoms with Crippen LogP contribution in [-0.4, -0.2) is 34.5 Å². The van der Waals surface area contributed by atoms with Crippen LogP contribution in [0, 0.1) is 0 Å². The average molecular weight is 324 g/mol. The van der Waals surface area contributed by atoms with Gasteiger partial charge in [-0.2, -0.15) is 0 Å². The third-order valence-corrected chi connectivity index (χ3v) is 3.35. The van der Waals surface area contributed by atoms with Crippen molar-refractivity contribution in [1.82, 2.24) is 20.3 Å². The standard InChI is InChI=1S/C17H16N4O3/c1-23-14-4-2-12(3-5-14)17-21-13(11-24-17)6-7-20-16(22)15-10-18-8-9-19-15/h2-5,8-11H,6-7H2,1H3,(H,20,22). The predicted octanol–water partition coefficient (Wildman–Crippen LogP) is 2.11. The molecule has 0 atom stereocenters. The highest BCUT2D eigenvalue weighted by Crippen LogP contribution is 2.21. The van der Waals surface area contributed by atoms with Crippen LogP contribution in [0.2, 0.25) is 0 Å². The van der Waals surface area contributed by atoms with Crippen LogP contribution in [0.1, 0.15) is 16.2 Å². The predicted molar refractivity (Wildman–Crippen MR) is 86.6 cm³/mol. The molecule has 2 heterocycles. The molecule has 0 radical (unpaired) electrons. The first-order valence-corrected chi connectivity index (χ1v) is 7.39. The zero-order valence-electron chi connectivity index (χ0n) is 13.1. The van der Waals surface area contributed by atoms with Gasteiger partial charge in [-0.05, 0) is 24.3 Å². The van der Waals surface area contributed by atoms with E-state index in [0.29, 0.717) is 18.9 Å². The summed E-state index contributed by atoms with van der Waals surface area (Å²) < 4.78 is 10.6. The Morgan fingerprint density at radius 3 is 2.79 bits per heavy atom. The largest absolute Gasteiger partial charge is 0.497 e. The monoisotopic (exact) mass is 324 g/mol. The van der Waals surface area contributed by atoms with Crippen LogP contribution in [0.4, 0.5) is 0 Å². The first-order valence-electron chi connectivity index (χ1n) is 7.39. The molecular weight excluding hydrogens is 308 g/mol. The number of amides is 1. The van der Waals surface area contributed by atoms with E-state index >= 15 is 0 Å². The second-order valence-corrected chi connectivity index (χ2v) is 4.97. The number of carbonyl (C=O) groups excluding carboxylic acids is 1. The number of nitrogens with one attached hydrogen (secondary N) is 1. The normalized spacial score (nSPS) is 10.4. The number of hydrogen-bond acceptors (Lipinski definition) is 6. The Morgan fingerprint density at radius 1 is 1.25 bits per heavy atom. The van der Waals surface area contributed by atoms with Crippen LogP contribution in [0.15, 0.2) is 53.5 Å². The highest BCUT2D eigenvalue weighted by molar-refractivity contribution is 5.91. The topological polar surface area (TPSA) is 90.1 Å². The Hall–Kier alpha value is -3.22. The van der Waals surface area contributed by atoms with Crippen molar-refractivity contribution in [2.75, 3.05) is 13.7 Å². The van der Waals surface area contributed by atoms with Crippen LogP contribution < -0.4 is 10.1 Å². The minimum Gasteiger partial charge on any atom is -0.497 e. The molecule has 0 unspecified atom stereocenters. The van der Waals surface area contributed by atoms with E-state index < -0.39 is 0 Å². The van der Waals surface area contributed by atoms with Crippen molar-refractivity contribution in [1.29, 1.82) is 0 Å². The molecule has 1 aromatic carbocycles. The second-order valence-electron chi connectivity index (χ2n) is 4.97. The fourth-order valence-corrected chi connectivity index (χ4v) is 2.10. The van der Waals surface area contributed by atoms with E-state index in [0.717, 1.165) is 17.0 Å². The summed E-state index contributed by atoms with van der Waals surface area (Å²) in [4.78, 5) is 24.1. The van der Waals surface area contributed by atoms with E-state index in [2.05, 4.69) is 20.3 Å². The van der Waals surface area contributed by atoms with Gasteiger partial charge in [0.05, 0.1) is 19.0 Å². The number of ether oxygens (including phenoxy) is 1. The summed E-state index contributed by atoms with van der Waals surface area (Å²) in [7, 11) is 1.62. The third kappa shape index (κ3) is 3.75. The van der Waals surface area contributed by atoms with Gasteiger partial charge in [0.25, 0.3) is 5.91 Å². The van der Waals surface area contributed by atoms with Crippen LogP contribution >= 0.6 is 0 Å². The van der Waals surface area contributed by atoms with Crippen molar-refractivity contribution < 1.29 is 13.9 Å². The summed E-state index contributed by atoms with van der Waals surface area (Å²) in [5, 5.41) is 2.77. The highest BCUT2D eigenvalue weighted by atomic mass is 16.5. The Labute approximate surface area is 138 Å². The van der Waals surface area contributed by atoms with Gasteiger partial charge < -0.3 is 14.5 Å². The van der Waals surface area contributed by atoms with Gasteiger partial charge in [0, 0.05) is 30.9 Å². The number of benzene rings is 1. The lowest BCUT2D eigenvalue weighted by atomic mass is 10.2. The minimum atomic E-state index is -0.262. The second kappa shape index (κ2) is 7.36. The quantitative estimate of drug-likeness (QED) is 0.747. The zero-order chi connectivity index (χ0) is 16.8. The van der Waals surface area contributed by atoms with Gasteiger partial charge in [0.1, 0.15) is 17.7 Å². The fraction of sp³-hybridized carbons (Fsp3) is 0.176. The smallest absolute Gasteiger partial charge is 0.271 e. The highest BCUT2D eigenvalue weighted by Gasteiger charge is 2.09. The van der Waals surface area contributed by atoms with Crippen LogP contribution in [0.25, 0.3) is 11.5 Å². The number of methoxy groups -OCH3 is 1. The SMILES string of the molecule is COc1ccc(-c2nc(CCNC(=O)c3cnccn3)co2)cc1. The maximum atomic E-state index is 11.9. The molecule has 24 heavy (non-hydrogen) atoms. The molecular formula is C17H16N4O3. The van der Waals surface area contributed by atoms with E-state index in [1.54, 1.807) is 13.4 Å². The Balaban J connectivity index is 1.55. The van der Waals surface area contributed by atoms with Crippen LogP contribution in [0.5, 0.6) is 5.75 Å². The summed E-state index contributed by atoms with van der Waals surface area (Å²) in [5.74, 6) is 1.05. The molecule has 0 aliphatic carbocycles. The summed E-state index contributed by atoms with van der Waals surface area (Å²) in [6.07, 6.45) is 6.58. The molecule has 2 aromatic heterocycles. The Morgan fingerprint density at radius 2 is 2.08 bits per heavy atom. The molecule has 122 valence electrons. The minimum absolute atomic E-state index is 0.262. The van der Waals surface area contributed by atoms with Crippen molar-refractivity contribution >= 4 is 5.91 Å². The Kier molecular flexibility index (Phi) is 4.81. The summed E-state index contributed by atoms with van der Waals surface area (Å²) in [6, 6.07) is 7.45. The van der Waals surface area contributed by atoms with Gasteiger partial charge in [-0.25, -0.2) is 9.97 Å². The van der Waals surface area contributed by atoms with Crippen molar-refractivity contribution in [3.63, 3.8) is 0 Å². The zero-order valence-corrected chi connectivity index (χ0v) is 13.1. The van der Waals surface area contributed by atoms with E-state index in [1.807, 2.05) is 24.3 Å². The molecule has 0 saturated carbocycles. The lowest BCUT2D eigenvalue weighted by molar-refractivity contribution is 0.0948. The first kappa shape index (κ1) is 15.7. The van der Waals surface area contributed by atoms with Gasteiger partial charge in [-0.1, -0.05) is 0 Å². The van der Waals surface area contributed by atoms with Crippen molar-refractivity contribution in [2.24, 2.45) is 0 Å². The van der Waals surface area contributed by atoms with Gasteiger partial charge >= 0.3 is 0 Å². The number of oxazole rings is 1. The van der Waals surface area contributed by atoms with Crippen molar-refractivity contribution in [3.8, 4) is 17.2 Å². The molecule has 7 nitrogen and oxygen atoms in total.